The van der Waals surface area contributed by atoms with Gasteiger partial charge in [-0.3, -0.25) is 4.84 Å². The number of nitrogens with one attached hydrogen (secondary N) is 2. The van der Waals surface area contributed by atoms with Crippen LogP contribution in [0.2, 0.25) is 0 Å². The van der Waals surface area contributed by atoms with Crippen molar-refractivity contribution in [2.45, 2.75) is 33.8 Å². The predicted octanol–water partition coefficient (Wildman–Crippen LogP) is 3.16. The molecule has 2 rings (SSSR count). The van der Waals surface area contributed by atoms with E-state index >= 15 is 0 Å². The van der Waals surface area contributed by atoms with Crippen LogP contribution in [0.4, 0.5) is 0 Å². The highest BCUT2D eigenvalue weighted by molar-refractivity contribution is 5.40. The zero-order valence-electron chi connectivity index (χ0n) is 15.1. The summed E-state index contributed by atoms with van der Waals surface area (Å²) >= 11 is 0. The molecule has 0 heterocycles. The fourth-order valence-corrected chi connectivity index (χ4v) is 2.63. The number of rotatable bonds is 9. The highest BCUT2D eigenvalue weighted by Crippen LogP contribution is 2.24. The summed E-state index contributed by atoms with van der Waals surface area (Å²) < 4.78 is 11.8. The molecule has 0 amide bonds. The summed E-state index contributed by atoms with van der Waals surface area (Å²) in [6.45, 7) is 8.53. The maximum absolute atomic E-state index is 8.69. The van der Waals surface area contributed by atoms with Crippen molar-refractivity contribution >= 4 is 0 Å². The summed E-state index contributed by atoms with van der Waals surface area (Å²) in [4.78, 5) is 5.33. The van der Waals surface area contributed by atoms with Crippen molar-refractivity contribution in [3.63, 3.8) is 0 Å². The molecule has 0 bridgehead atoms. The Balaban J connectivity index is 2.01. The van der Waals surface area contributed by atoms with E-state index in [9.17, 15) is 0 Å². The third-order valence-corrected chi connectivity index (χ3v) is 3.92. The molecule has 0 unspecified atom stereocenters. The molecule has 136 valence electrons. The van der Waals surface area contributed by atoms with Gasteiger partial charge in [0, 0.05) is 0 Å². The van der Waals surface area contributed by atoms with E-state index in [-0.39, 0.29) is 13.2 Å². The van der Waals surface area contributed by atoms with Gasteiger partial charge in [-0.15, -0.1) is 11.2 Å². The third-order valence-electron chi connectivity index (χ3n) is 3.92. The van der Waals surface area contributed by atoms with Crippen LogP contribution in [0.1, 0.15) is 22.3 Å². The molecule has 0 aliphatic rings. The second-order valence-corrected chi connectivity index (χ2v) is 6.02. The first-order valence-corrected chi connectivity index (χ1v) is 8.20. The van der Waals surface area contributed by atoms with E-state index in [2.05, 4.69) is 5.59 Å². The van der Waals surface area contributed by atoms with Gasteiger partial charge in [-0.2, -0.15) is 0 Å². The Morgan fingerprint density at radius 2 is 1.20 bits per heavy atom. The largest absolute Gasteiger partial charge is 0.490 e. The number of aryl methyl sites for hydroxylation is 4. The van der Waals surface area contributed by atoms with Crippen LogP contribution in [0, 0.1) is 27.7 Å². The number of benzene rings is 2. The lowest BCUT2D eigenvalue weighted by molar-refractivity contribution is -0.129. The topological polar surface area (TPSA) is 72.0 Å². The van der Waals surface area contributed by atoms with E-state index in [1.165, 1.54) is 0 Å². The predicted molar refractivity (Wildman–Crippen MR) is 95.8 cm³/mol. The number of para-hydroxylation sites is 2. The SMILES string of the molecule is Cc1cccc(C)c1OCC(COc1c(C)cccc1C)ONNO. The molecule has 2 aromatic rings. The number of ether oxygens (including phenoxy) is 2. The van der Waals surface area contributed by atoms with Gasteiger partial charge < -0.3 is 14.7 Å². The van der Waals surface area contributed by atoms with Gasteiger partial charge in [0.15, 0.2) is 0 Å². The summed E-state index contributed by atoms with van der Waals surface area (Å²) in [6, 6.07) is 12.0. The Kier molecular flexibility index (Phi) is 7.21. The van der Waals surface area contributed by atoms with Crippen molar-refractivity contribution in [3.05, 3.63) is 58.7 Å². The highest BCUT2D eigenvalue weighted by Gasteiger charge is 2.15. The molecule has 0 saturated heterocycles. The van der Waals surface area contributed by atoms with Gasteiger partial charge in [-0.1, -0.05) is 36.4 Å². The smallest absolute Gasteiger partial charge is 0.148 e. The molecular weight excluding hydrogens is 320 g/mol. The molecule has 25 heavy (non-hydrogen) atoms. The molecule has 3 N–H and O–H groups in total. The Morgan fingerprint density at radius 1 is 0.800 bits per heavy atom. The van der Waals surface area contributed by atoms with Crippen LogP contribution in [0.3, 0.4) is 0 Å². The van der Waals surface area contributed by atoms with Crippen LogP contribution < -0.4 is 20.7 Å². The second kappa shape index (κ2) is 9.39. The molecule has 0 spiro atoms. The van der Waals surface area contributed by atoms with Gasteiger partial charge in [-0.25, -0.2) is 0 Å². The zero-order chi connectivity index (χ0) is 18.2. The van der Waals surface area contributed by atoms with Crippen LogP contribution >= 0.6 is 0 Å². The molecule has 0 atom stereocenters. The van der Waals surface area contributed by atoms with Gasteiger partial charge >= 0.3 is 0 Å². The maximum atomic E-state index is 8.69. The molecule has 0 radical (unpaired) electrons. The van der Waals surface area contributed by atoms with E-state index in [4.69, 9.17) is 19.5 Å². The Labute approximate surface area is 148 Å². The summed E-state index contributed by atoms with van der Waals surface area (Å²) in [5, 5.41) is 8.69. The normalized spacial score (nSPS) is 11.0. The average molecular weight is 346 g/mol. The molecule has 2 aromatic carbocycles. The van der Waals surface area contributed by atoms with E-state index in [1.54, 1.807) is 5.59 Å². The van der Waals surface area contributed by atoms with E-state index in [0.717, 1.165) is 33.8 Å². The van der Waals surface area contributed by atoms with Crippen LogP contribution in [-0.2, 0) is 4.84 Å². The van der Waals surface area contributed by atoms with Gasteiger partial charge in [0.05, 0.1) is 0 Å². The number of hydrogen-bond acceptors (Lipinski definition) is 6. The van der Waals surface area contributed by atoms with Crippen LogP contribution in [0.5, 0.6) is 11.5 Å². The third kappa shape index (κ3) is 5.44. The first-order valence-electron chi connectivity index (χ1n) is 8.20. The summed E-state index contributed by atoms with van der Waals surface area (Å²) in [5.74, 6) is 1.67. The molecule has 6 nitrogen and oxygen atoms in total. The Morgan fingerprint density at radius 3 is 1.56 bits per heavy atom. The summed E-state index contributed by atoms with van der Waals surface area (Å²) in [7, 11) is 0. The van der Waals surface area contributed by atoms with Crippen molar-refractivity contribution < 1.29 is 19.5 Å². The molecule has 0 fully saturated rings. The average Bonchev–Trinajstić information content (AvgIpc) is 2.57. The molecule has 0 aliphatic heterocycles. The summed E-state index contributed by atoms with van der Waals surface area (Å²) in [5.41, 5.74) is 8.21. The maximum Gasteiger partial charge on any atom is 0.148 e. The molecule has 0 saturated carbocycles. The first-order chi connectivity index (χ1) is 12.0. The van der Waals surface area contributed by atoms with Gasteiger partial charge in [0.1, 0.15) is 30.8 Å². The molecule has 0 aromatic heterocycles. The van der Waals surface area contributed by atoms with Crippen molar-refractivity contribution in [3.8, 4) is 11.5 Å². The van der Waals surface area contributed by atoms with Gasteiger partial charge in [-0.05, 0) is 49.9 Å². The highest BCUT2D eigenvalue weighted by atomic mass is 16.7. The zero-order valence-corrected chi connectivity index (χ0v) is 15.1. The van der Waals surface area contributed by atoms with Gasteiger partial charge in [0.2, 0.25) is 0 Å². The van der Waals surface area contributed by atoms with Gasteiger partial charge in [0.25, 0.3) is 0 Å². The van der Waals surface area contributed by atoms with Crippen LogP contribution in [0.15, 0.2) is 36.4 Å². The molecular formula is C19H26N2O4. The minimum Gasteiger partial charge on any atom is -0.490 e. The van der Waals surface area contributed by atoms with Crippen LogP contribution in [0.25, 0.3) is 0 Å². The van der Waals surface area contributed by atoms with Crippen molar-refractivity contribution in [1.82, 2.24) is 11.2 Å². The lowest BCUT2D eigenvalue weighted by atomic mass is 10.1. The lowest BCUT2D eigenvalue weighted by Crippen LogP contribution is -2.39. The molecule has 6 heteroatoms. The van der Waals surface area contributed by atoms with E-state index in [0.29, 0.717) is 0 Å². The fourth-order valence-electron chi connectivity index (χ4n) is 2.63. The Bertz CT molecular complexity index is 595. The van der Waals surface area contributed by atoms with Crippen molar-refractivity contribution in [2.24, 2.45) is 0 Å². The Hall–Kier alpha value is -2.12. The number of hydrazine groups is 1. The van der Waals surface area contributed by atoms with E-state index < -0.39 is 6.10 Å². The monoisotopic (exact) mass is 346 g/mol. The first kappa shape index (κ1) is 19.2. The van der Waals surface area contributed by atoms with Crippen molar-refractivity contribution in [2.75, 3.05) is 13.2 Å². The molecule has 0 aliphatic carbocycles. The van der Waals surface area contributed by atoms with Crippen molar-refractivity contribution in [1.29, 1.82) is 0 Å². The van der Waals surface area contributed by atoms with E-state index in [1.807, 2.05) is 64.1 Å². The standard InChI is InChI=1S/C19H26N2O4/c1-13-7-5-8-14(2)18(13)23-11-17(25-21-20-22)12-24-19-15(3)9-6-10-16(19)4/h5-10,17,20-22H,11-12H2,1-4H3. The minimum atomic E-state index is -0.433. The van der Waals surface area contributed by atoms with Crippen LogP contribution in [-0.4, -0.2) is 24.5 Å². The number of hydrogen-bond donors (Lipinski definition) is 3. The fraction of sp³-hybridized carbons (Fsp3) is 0.368. The summed E-state index contributed by atoms with van der Waals surface area (Å²) in [6.07, 6.45) is -0.433. The quantitative estimate of drug-likeness (QED) is 0.606. The minimum absolute atomic E-state index is 0.269. The lowest BCUT2D eigenvalue weighted by Gasteiger charge is -2.21. The second-order valence-electron chi connectivity index (χ2n) is 6.02.